The number of aromatic nitrogens is 1. The molecule has 92 valence electrons. The summed E-state index contributed by atoms with van der Waals surface area (Å²) in [7, 11) is 5.66. The van der Waals surface area contributed by atoms with Gasteiger partial charge in [0.1, 0.15) is 13.4 Å². The summed E-state index contributed by atoms with van der Waals surface area (Å²) in [6.45, 7) is 5.47. The van der Waals surface area contributed by atoms with Crippen molar-refractivity contribution >= 4 is 36.1 Å². The van der Waals surface area contributed by atoms with E-state index in [2.05, 4.69) is 10.3 Å². The molecule has 0 atom stereocenters. The van der Waals surface area contributed by atoms with Crippen LogP contribution >= 0.6 is 0 Å². The fourth-order valence-corrected chi connectivity index (χ4v) is 1.65. The molecule has 0 unspecified atom stereocenters. The number of hydrogen-bond acceptors (Lipinski definition) is 2. The van der Waals surface area contributed by atoms with E-state index in [1.165, 1.54) is 0 Å². The predicted octanol–water partition coefficient (Wildman–Crippen LogP) is 2.31. The first-order chi connectivity index (χ1) is 8.33. The Morgan fingerprint density at radius 3 is 2.72 bits per heavy atom. The van der Waals surface area contributed by atoms with E-state index in [1.54, 1.807) is 6.07 Å². The molecule has 2 aromatic rings. The van der Waals surface area contributed by atoms with Gasteiger partial charge < -0.3 is 9.72 Å². The molecule has 0 saturated carbocycles. The van der Waals surface area contributed by atoms with Crippen molar-refractivity contribution in [3.63, 3.8) is 0 Å². The standard InChI is InChI=1S/C13H15BN2O2/c1-13(2,3)18-12(17)15-9-4-5-10-8(6-9)7-11(14)16-10/h4-7,16H,1-3H3,(H,15,17). The van der Waals surface area contributed by atoms with Crippen LogP contribution in [-0.4, -0.2) is 24.5 Å². The topological polar surface area (TPSA) is 54.1 Å². The predicted molar refractivity (Wildman–Crippen MR) is 73.5 cm³/mol. The highest BCUT2D eigenvalue weighted by Crippen LogP contribution is 2.18. The van der Waals surface area contributed by atoms with Gasteiger partial charge in [0.15, 0.2) is 0 Å². The smallest absolute Gasteiger partial charge is 0.412 e. The summed E-state index contributed by atoms with van der Waals surface area (Å²) in [5, 5.41) is 3.63. The van der Waals surface area contributed by atoms with Crippen LogP contribution in [0.2, 0.25) is 0 Å². The molecule has 2 rings (SSSR count). The summed E-state index contributed by atoms with van der Waals surface area (Å²) < 4.78 is 5.18. The lowest BCUT2D eigenvalue weighted by Crippen LogP contribution is -2.27. The third-order valence-electron chi connectivity index (χ3n) is 2.29. The van der Waals surface area contributed by atoms with Crippen LogP contribution in [0.25, 0.3) is 10.9 Å². The van der Waals surface area contributed by atoms with Crippen molar-refractivity contribution in [2.24, 2.45) is 0 Å². The highest BCUT2D eigenvalue weighted by Gasteiger charge is 2.16. The maximum absolute atomic E-state index is 11.6. The monoisotopic (exact) mass is 242 g/mol. The molecule has 2 N–H and O–H groups in total. The number of hydrogen-bond donors (Lipinski definition) is 2. The summed E-state index contributed by atoms with van der Waals surface area (Å²) in [6, 6.07) is 7.31. The Morgan fingerprint density at radius 2 is 2.06 bits per heavy atom. The lowest BCUT2D eigenvalue weighted by atomic mass is 10.1. The van der Waals surface area contributed by atoms with Gasteiger partial charge in [-0.2, -0.15) is 0 Å². The number of nitrogens with one attached hydrogen (secondary N) is 2. The molecule has 0 aliphatic rings. The maximum atomic E-state index is 11.6. The fraction of sp³-hybridized carbons (Fsp3) is 0.308. The third-order valence-corrected chi connectivity index (χ3v) is 2.29. The zero-order chi connectivity index (χ0) is 13.3. The number of amides is 1. The molecular weight excluding hydrogens is 227 g/mol. The number of carbonyl (C=O) groups is 1. The Morgan fingerprint density at radius 1 is 1.33 bits per heavy atom. The van der Waals surface area contributed by atoms with Crippen molar-refractivity contribution in [2.45, 2.75) is 26.4 Å². The van der Waals surface area contributed by atoms with Crippen LogP contribution in [0.1, 0.15) is 20.8 Å². The summed E-state index contributed by atoms with van der Waals surface area (Å²) in [4.78, 5) is 14.6. The Labute approximate surface area is 107 Å². The lowest BCUT2D eigenvalue weighted by molar-refractivity contribution is 0.0636. The van der Waals surface area contributed by atoms with Gasteiger partial charge in [-0.05, 0) is 50.6 Å². The minimum atomic E-state index is -0.507. The summed E-state index contributed by atoms with van der Waals surface area (Å²) in [5.41, 5.74) is 1.70. The lowest BCUT2D eigenvalue weighted by Gasteiger charge is -2.19. The normalized spacial score (nSPS) is 11.5. The molecule has 0 spiro atoms. The van der Waals surface area contributed by atoms with Crippen molar-refractivity contribution in [1.29, 1.82) is 0 Å². The van der Waals surface area contributed by atoms with E-state index in [4.69, 9.17) is 12.6 Å². The van der Waals surface area contributed by atoms with E-state index in [-0.39, 0.29) is 0 Å². The van der Waals surface area contributed by atoms with Gasteiger partial charge in [-0.3, -0.25) is 5.32 Å². The van der Waals surface area contributed by atoms with E-state index in [1.807, 2.05) is 39.0 Å². The summed E-state index contributed by atoms with van der Waals surface area (Å²) in [6.07, 6.45) is -0.467. The minimum absolute atomic E-state index is 0.467. The molecule has 0 aliphatic carbocycles. The number of fused-ring (bicyclic) bond motifs is 1. The van der Waals surface area contributed by atoms with Crippen LogP contribution in [0.4, 0.5) is 10.5 Å². The van der Waals surface area contributed by atoms with Crippen molar-refractivity contribution < 1.29 is 9.53 Å². The second-order valence-electron chi connectivity index (χ2n) is 5.15. The molecule has 2 radical (unpaired) electrons. The SMILES string of the molecule is [B]c1cc2cc(NC(=O)OC(C)(C)C)ccc2[nH]1. The molecule has 1 amide bonds. The number of ether oxygens (including phenoxy) is 1. The molecule has 4 nitrogen and oxygen atoms in total. The highest BCUT2D eigenvalue weighted by atomic mass is 16.6. The number of carbonyl (C=O) groups excluding carboxylic acids is 1. The van der Waals surface area contributed by atoms with Crippen LogP contribution < -0.4 is 10.9 Å². The number of rotatable bonds is 1. The fourth-order valence-electron chi connectivity index (χ4n) is 1.65. The first kappa shape index (κ1) is 12.5. The van der Waals surface area contributed by atoms with Crippen molar-refractivity contribution in [2.75, 3.05) is 5.32 Å². The zero-order valence-electron chi connectivity index (χ0n) is 10.7. The Hall–Kier alpha value is -1.91. The van der Waals surface area contributed by atoms with E-state index in [0.717, 1.165) is 10.9 Å². The number of aromatic amines is 1. The van der Waals surface area contributed by atoms with Gasteiger partial charge in [-0.25, -0.2) is 4.79 Å². The highest BCUT2D eigenvalue weighted by molar-refractivity contribution is 6.32. The van der Waals surface area contributed by atoms with Crippen LogP contribution in [0.3, 0.4) is 0 Å². The molecule has 0 bridgehead atoms. The molecule has 5 heteroatoms. The molecular formula is C13H15BN2O2. The number of H-pyrrole nitrogens is 1. The molecule has 1 aromatic heterocycles. The molecule has 18 heavy (non-hydrogen) atoms. The molecule has 0 fully saturated rings. The van der Waals surface area contributed by atoms with Crippen LogP contribution in [0.15, 0.2) is 24.3 Å². The van der Waals surface area contributed by atoms with E-state index in [9.17, 15) is 4.79 Å². The van der Waals surface area contributed by atoms with E-state index >= 15 is 0 Å². The maximum Gasteiger partial charge on any atom is 0.412 e. The zero-order valence-corrected chi connectivity index (χ0v) is 10.7. The number of anilines is 1. The number of benzene rings is 1. The molecule has 1 aromatic carbocycles. The average molecular weight is 242 g/mol. The Bertz CT molecular complexity index is 584. The van der Waals surface area contributed by atoms with Crippen LogP contribution in [0.5, 0.6) is 0 Å². The first-order valence-corrected chi connectivity index (χ1v) is 5.72. The quantitative estimate of drug-likeness (QED) is 0.754. The average Bonchev–Trinajstić information content (AvgIpc) is 2.53. The molecule has 0 aliphatic heterocycles. The van der Waals surface area contributed by atoms with Gasteiger partial charge in [0.05, 0.1) is 0 Å². The Balaban J connectivity index is 2.14. The van der Waals surface area contributed by atoms with Crippen molar-refractivity contribution in [3.8, 4) is 0 Å². The van der Waals surface area contributed by atoms with Crippen LogP contribution in [-0.2, 0) is 4.74 Å². The second kappa shape index (κ2) is 4.40. The third kappa shape index (κ3) is 3.06. The molecule has 1 heterocycles. The summed E-state index contributed by atoms with van der Waals surface area (Å²) in [5.74, 6) is 0. The van der Waals surface area contributed by atoms with Crippen molar-refractivity contribution in [1.82, 2.24) is 4.98 Å². The Kier molecular flexibility index (Phi) is 3.07. The largest absolute Gasteiger partial charge is 0.444 e. The van der Waals surface area contributed by atoms with Gasteiger partial charge in [-0.1, -0.05) is 0 Å². The second-order valence-corrected chi connectivity index (χ2v) is 5.15. The van der Waals surface area contributed by atoms with E-state index in [0.29, 0.717) is 11.3 Å². The van der Waals surface area contributed by atoms with Gasteiger partial charge in [-0.15, -0.1) is 0 Å². The van der Waals surface area contributed by atoms with E-state index < -0.39 is 11.7 Å². The first-order valence-electron chi connectivity index (χ1n) is 5.72. The van der Waals surface area contributed by atoms with Gasteiger partial charge >= 0.3 is 6.09 Å². The van der Waals surface area contributed by atoms with Crippen molar-refractivity contribution in [3.05, 3.63) is 24.3 Å². The van der Waals surface area contributed by atoms with Gasteiger partial charge in [0.25, 0.3) is 0 Å². The minimum Gasteiger partial charge on any atom is -0.444 e. The molecule has 0 saturated heterocycles. The van der Waals surface area contributed by atoms with Crippen LogP contribution in [0, 0.1) is 0 Å². The van der Waals surface area contributed by atoms with Gasteiger partial charge in [0.2, 0.25) is 0 Å². The summed E-state index contributed by atoms with van der Waals surface area (Å²) >= 11 is 0. The van der Waals surface area contributed by atoms with Gasteiger partial charge in [0, 0.05) is 16.6 Å².